The van der Waals surface area contributed by atoms with Crippen molar-refractivity contribution in [3.8, 4) is 5.75 Å². The van der Waals surface area contributed by atoms with Crippen molar-refractivity contribution in [3.63, 3.8) is 0 Å². The summed E-state index contributed by atoms with van der Waals surface area (Å²) in [5.74, 6) is 2.08. The molecule has 0 aliphatic rings. The molecule has 0 amide bonds. The molecule has 2 aromatic rings. The fraction of sp³-hybridized carbons (Fsp3) is 0.500. The van der Waals surface area contributed by atoms with Gasteiger partial charge in [-0.3, -0.25) is 0 Å². The Balaban J connectivity index is 2.00. The van der Waals surface area contributed by atoms with Crippen molar-refractivity contribution in [1.82, 2.24) is 15.0 Å². The van der Waals surface area contributed by atoms with Gasteiger partial charge in [0.25, 0.3) is 0 Å². The van der Waals surface area contributed by atoms with Crippen LogP contribution in [0.3, 0.4) is 0 Å². The fourth-order valence-electron chi connectivity index (χ4n) is 1.74. The number of ether oxygens (including phenoxy) is 1. The van der Waals surface area contributed by atoms with Gasteiger partial charge >= 0.3 is 0 Å². The third-order valence-corrected chi connectivity index (χ3v) is 4.17. The molecule has 0 saturated carbocycles. The molecule has 0 aliphatic heterocycles. The van der Waals surface area contributed by atoms with Crippen LogP contribution in [0, 0.1) is 6.92 Å². The maximum atomic E-state index is 5.93. The van der Waals surface area contributed by atoms with Crippen LogP contribution < -0.4 is 4.74 Å². The quantitative estimate of drug-likeness (QED) is 0.763. The van der Waals surface area contributed by atoms with Gasteiger partial charge in [-0.15, -0.1) is 22.9 Å². The van der Waals surface area contributed by atoms with Crippen LogP contribution in [0.1, 0.15) is 41.9 Å². The predicted molar refractivity (Wildman–Crippen MR) is 81.7 cm³/mol. The number of alkyl halides is 1. The van der Waals surface area contributed by atoms with Crippen molar-refractivity contribution >= 4 is 22.9 Å². The minimum atomic E-state index is 0.283. The normalized spacial score (nSPS) is 11.1. The highest BCUT2D eigenvalue weighted by Gasteiger charge is 2.10. The van der Waals surface area contributed by atoms with Crippen LogP contribution in [0.2, 0.25) is 0 Å². The predicted octanol–water partition coefficient (Wildman–Crippen LogP) is 3.73. The lowest BCUT2D eigenvalue weighted by atomic mass is 10.2. The van der Waals surface area contributed by atoms with Gasteiger partial charge in [0, 0.05) is 17.2 Å². The molecule has 0 saturated heterocycles. The van der Waals surface area contributed by atoms with Crippen LogP contribution >= 0.6 is 22.9 Å². The Bertz CT molecular complexity index is 571. The van der Waals surface area contributed by atoms with Crippen LogP contribution in [-0.2, 0) is 12.3 Å². The van der Waals surface area contributed by atoms with E-state index in [1.807, 2.05) is 12.4 Å². The number of hydrogen-bond donors (Lipinski definition) is 0. The number of hydrogen-bond acceptors (Lipinski definition) is 5. The van der Waals surface area contributed by atoms with Crippen molar-refractivity contribution in [2.45, 2.75) is 39.0 Å². The maximum Gasteiger partial charge on any atom is 0.160 e. The van der Waals surface area contributed by atoms with E-state index < -0.39 is 0 Å². The molecule has 0 aliphatic carbocycles. The smallest absolute Gasteiger partial charge is 0.160 e. The zero-order chi connectivity index (χ0) is 14.5. The fourth-order valence-corrected chi connectivity index (χ4v) is 2.69. The standard InChI is InChI=1S/C14H18ClN3OS/c1-9(2)14-16-7-12(11(6-15)18-14)19-5-4-13-10(3)17-8-20-13/h7-9H,4-6H2,1-3H3. The molecule has 2 aromatic heterocycles. The van der Waals surface area contributed by atoms with Crippen molar-refractivity contribution in [2.24, 2.45) is 0 Å². The maximum absolute atomic E-state index is 5.93. The van der Waals surface area contributed by atoms with Crippen LogP contribution in [0.5, 0.6) is 5.75 Å². The zero-order valence-corrected chi connectivity index (χ0v) is 13.5. The van der Waals surface area contributed by atoms with E-state index in [1.165, 1.54) is 4.88 Å². The van der Waals surface area contributed by atoms with Gasteiger partial charge in [0.05, 0.1) is 29.9 Å². The second kappa shape index (κ2) is 6.99. The highest BCUT2D eigenvalue weighted by Crippen LogP contribution is 2.21. The molecule has 108 valence electrons. The van der Waals surface area contributed by atoms with Gasteiger partial charge in [-0.2, -0.15) is 0 Å². The first-order valence-corrected chi connectivity index (χ1v) is 7.96. The summed E-state index contributed by atoms with van der Waals surface area (Å²) in [5, 5.41) is 0. The molecule has 0 fully saturated rings. The van der Waals surface area contributed by atoms with Gasteiger partial charge in [-0.25, -0.2) is 15.0 Å². The highest BCUT2D eigenvalue weighted by atomic mass is 35.5. The molecule has 0 bridgehead atoms. The topological polar surface area (TPSA) is 47.9 Å². The third-order valence-electron chi connectivity index (χ3n) is 2.92. The van der Waals surface area contributed by atoms with Gasteiger partial charge in [0.15, 0.2) is 5.75 Å². The Kier molecular flexibility index (Phi) is 5.31. The SMILES string of the molecule is Cc1ncsc1CCOc1cnc(C(C)C)nc1CCl. The van der Waals surface area contributed by atoms with Crippen molar-refractivity contribution in [3.05, 3.63) is 33.8 Å². The zero-order valence-electron chi connectivity index (χ0n) is 11.9. The summed E-state index contributed by atoms with van der Waals surface area (Å²) < 4.78 is 5.76. The van der Waals surface area contributed by atoms with Gasteiger partial charge < -0.3 is 4.74 Å². The van der Waals surface area contributed by atoms with Gasteiger partial charge in [0.2, 0.25) is 0 Å². The number of aromatic nitrogens is 3. The Labute approximate surface area is 128 Å². The second-order valence-electron chi connectivity index (χ2n) is 4.79. The molecule has 2 rings (SSSR count). The largest absolute Gasteiger partial charge is 0.490 e. The average Bonchev–Trinajstić information content (AvgIpc) is 2.84. The van der Waals surface area contributed by atoms with E-state index in [2.05, 4.69) is 28.8 Å². The molecule has 2 heterocycles. The van der Waals surface area contributed by atoms with E-state index in [9.17, 15) is 0 Å². The number of aryl methyl sites for hydroxylation is 1. The lowest BCUT2D eigenvalue weighted by Crippen LogP contribution is -2.07. The Morgan fingerprint density at radius 1 is 1.35 bits per heavy atom. The number of nitrogens with zero attached hydrogens (tertiary/aromatic N) is 3. The highest BCUT2D eigenvalue weighted by molar-refractivity contribution is 7.09. The Morgan fingerprint density at radius 2 is 2.15 bits per heavy atom. The Hall–Kier alpha value is -1.20. The van der Waals surface area contributed by atoms with E-state index in [1.54, 1.807) is 17.5 Å². The van der Waals surface area contributed by atoms with Gasteiger partial charge in [0.1, 0.15) is 11.5 Å². The van der Waals surface area contributed by atoms with Crippen LogP contribution in [-0.4, -0.2) is 21.6 Å². The molecule has 0 unspecified atom stereocenters. The first kappa shape index (κ1) is 15.2. The second-order valence-corrected chi connectivity index (χ2v) is 5.99. The minimum Gasteiger partial charge on any atom is -0.490 e. The van der Waals surface area contributed by atoms with Crippen LogP contribution in [0.15, 0.2) is 11.7 Å². The summed E-state index contributed by atoms with van der Waals surface area (Å²) >= 11 is 7.59. The molecule has 0 atom stereocenters. The van der Waals surface area contributed by atoms with E-state index in [4.69, 9.17) is 16.3 Å². The monoisotopic (exact) mass is 311 g/mol. The number of rotatable bonds is 6. The van der Waals surface area contributed by atoms with E-state index in [-0.39, 0.29) is 5.92 Å². The summed E-state index contributed by atoms with van der Waals surface area (Å²) in [6, 6.07) is 0. The number of halogens is 1. The van der Waals surface area contributed by atoms with Gasteiger partial charge in [-0.05, 0) is 6.92 Å². The molecule has 6 heteroatoms. The van der Waals surface area contributed by atoms with Crippen LogP contribution in [0.25, 0.3) is 0 Å². The minimum absolute atomic E-state index is 0.283. The van der Waals surface area contributed by atoms with E-state index in [0.29, 0.717) is 18.2 Å². The summed E-state index contributed by atoms with van der Waals surface area (Å²) in [7, 11) is 0. The van der Waals surface area contributed by atoms with Crippen molar-refractivity contribution in [2.75, 3.05) is 6.61 Å². The van der Waals surface area contributed by atoms with Gasteiger partial charge in [-0.1, -0.05) is 13.8 Å². The van der Waals surface area contributed by atoms with Crippen LogP contribution in [0.4, 0.5) is 0 Å². The van der Waals surface area contributed by atoms with E-state index in [0.717, 1.165) is 23.6 Å². The molecule has 0 aromatic carbocycles. The Morgan fingerprint density at radius 3 is 2.75 bits per heavy atom. The summed E-state index contributed by atoms with van der Waals surface area (Å²) in [6.45, 7) is 6.70. The average molecular weight is 312 g/mol. The van der Waals surface area contributed by atoms with E-state index >= 15 is 0 Å². The summed E-state index contributed by atoms with van der Waals surface area (Å²) in [6.07, 6.45) is 2.56. The molecular formula is C14H18ClN3OS. The molecule has 0 spiro atoms. The molecule has 4 nitrogen and oxygen atoms in total. The molecule has 0 N–H and O–H groups in total. The summed E-state index contributed by atoms with van der Waals surface area (Å²) in [4.78, 5) is 14.2. The molecular weight excluding hydrogens is 294 g/mol. The lowest BCUT2D eigenvalue weighted by molar-refractivity contribution is 0.316. The summed E-state index contributed by atoms with van der Waals surface area (Å²) in [5.41, 5.74) is 3.68. The lowest BCUT2D eigenvalue weighted by Gasteiger charge is -2.11. The first-order valence-electron chi connectivity index (χ1n) is 6.55. The number of thiazole rings is 1. The molecule has 20 heavy (non-hydrogen) atoms. The van der Waals surface area contributed by atoms with Crippen molar-refractivity contribution < 1.29 is 4.74 Å². The third kappa shape index (κ3) is 3.67. The first-order chi connectivity index (χ1) is 9.61. The molecule has 0 radical (unpaired) electrons. The van der Waals surface area contributed by atoms with Crippen molar-refractivity contribution in [1.29, 1.82) is 0 Å².